The molecule has 15 heavy (non-hydrogen) atoms. The maximum atomic E-state index is 5.45. The van der Waals surface area contributed by atoms with Crippen LogP contribution in [0.2, 0.25) is 0 Å². The zero-order valence-electron chi connectivity index (χ0n) is 8.16. The second kappa shape index (κ2) is 4.05. The summed E-state index contributed by atoms with van der Waals surface area (Å²) in [5.41, 5.74) is 0.903. The third kappa shape index (κ3) is 2.28. The lowest BCUT2D eigenvalue weighted by molar-refractivity contribution is 0.443. The van der Waals surface area contributed by atoms with Gasteiger partial charge in [0.2, 0.25) is 10.6 Å². The first-order chi connectivity index (χ1) is 7.06. The fourth-order valence-electron chi connectivity index (χ4n) is 1.13. The minimum absolute atomic E-state index is 0.466. The predicted molar refractivity (Wildman–Crippen MR) is 60.5 cm³/mol. The van der Waals surface area contributed by atoms with E-state index in [2.05, 4.69) is 46.9 Å². The number of aryl methyl sites for hydroxylation is 2. The molecule has 2 rings (SSSR count). The molecule has 0 aliphatic heterocycles. The Labute approximate surface area is 103 Å². The Morgan fingerprint density at radius 3 is 2.47 bits per heavy atom. The zero-order valence-corrected chi connectivity index (χ0v) is 11.3. The number of rotatable bonds is 2. The van der Waals surface area contributed by atoms with Crippen molar-refractivity contribution in [2.45, 2.75) is 20.4 Å². The Bertz CT molecular complexity index is 471. The van der Waals surface area contributed by atoms with Crippen molar-refractivity contribution < 1.29 is 4.42 Å². The van der Waals surface area contributed by atoms with Gasteiger partial charge in [0, 0.05) is 0 Å². The lowest BCUT2D eigenvalue weighted by atomic mass is 10.4. The molecule has 0 bridgehead atoms. The van der Waals surface area contributed by atoms with E-state index < -0.39 is 0 Å². The summed E-state index contributed by atoms with van der Waals surface area (Å²) in [6.07, 6.45) is 0. The molecule has 2 heterocycles. The molecule has 5 nitrogen and oxygen atoms in total. The molecule has 0 unspecified atom stereocenters. The van der Waals surface area contributed by atoms with Gasteiger partial charge in [-0.3, -0.25) is 0 Å². The van der Waals surface area contributed by atoms with E-state index in [9.17, 15) is 0 Å². The van der Waals surface area contributed by atoms with Gasteiger partial charge in [-0.25, -0.2) is 9.67 Å². The highest BCUT2D eigenvalue weighted by Gasteiger charge is 2.10. The van der Waals surface area contributed by atoms with Crippen molar-refractivity contribution in [2.24, 2.45) is 0 Å². The van der Waals surface area contributed by atoms with Crippen LogP contribution in [0.25, 0.3) is 0 Å². The molecule has 0 N–H and O–H groups in total. The van der Waals surface area contributed by atoms with Crippen LogP contribution in [0.3, 0.4) is 0 Å². The van der Waals surface area contributed by atoms with Crippen molar-refractivity contribution in [3.8, 4) is 0 Å². The van der Waals surface area contributed by atoms with Gasteiger partial charge in [-0.2, -0.15) is 4.98 Å². The fourth-order valence-corrected chi connectivity index (χ4v) is 2.10. The summed E-state index contributed by atoms with van der Waals surface area (Å²) in [6, 6.07) is 0. The molecule has 0 aliphatic rings. The normalized spacial score (nSPS) is 10.9. The van der Waals surface area contributed by atoms with Crippen molar-refractivity contribution in [3.05, 3.63) is 26.8 Å². The van der Waals surface area contributed by atoms with Crippen LogP contribution >= 0.6 is 31.9 Å². The third-order valence-corrected chi connectivity index (χ3v) is 2.88. The minimum Gasteiger partial charge on any atom is -0.444 e. The van der Waals surface area contributed by atoms with E-state index in [1.165, 1.54) is 0 Å². The summed E-state index contributed by atoms with van der Waals surface area (Å²) in [7, 11) is 0. The van der Waals surface area contributed by atoms with Gasteiger partial charge in [0.05, 0.1) is 5.69 Å². The molecule has 2 aromatic heterocycles. The van der Waals surface area contributed by atoms with Crippen LogP contribution in [0.5, 0.6) is 0 Å². The smallest absolute Gasteiger partial charge is 0.218 e. The lowest BCUT2D eigenvalue weighted by Crippen LogP contribution is -2.02. The standard InChI is InChI=1S/C8H8Br2N4O/c1-4-5(2)15-6(11-4)3-14-8(10)12-7(9)13-14/h3H2,1-2H3. The maximum absolute atomic E-state index is 5.45. The highest BCUT2D eigenvalue weighted by Crippen LogP contribution is 2.14. The molecule has 0 saturated heterocycles. The molecule has 0 amide bonds. The number of halogens is 2. The predicted octanol–water partition coefficient (Wildman–Crippen LogP) is 2.46. The Hall–Kier alpha value is -0.690. The Balaban J connectivity index is 2.25. The van der Waals surface area contributed by atoms with E-state index in [0.717, 1.165) is 11.5 Å². The average Bonchev–Trinajstić information content (AvgIpc) is 2.59. The Morgan fingerprint density at radius 2 is 2.00 bits per heavy atom. The number of aromatic nitrogens is 4. The number of nitrogens with zero attached hydrogens (tertiary/aromatic N) is 4. The quantitative estimate of drug-likeness (QED) is 0.845. The van der Waals surface area contributed by atoms with Gasteiger partial charge in [0.15, 0.2) is 4.73 Å². The van der Waals surface area contributed by atoms with Gasteiger partial charge < -0.3 is 4.42 Å². The van der Waals surface area contributed by atoms with Crippen molar-refractivity contribution in [3.63, 3.8) is 0 Å². The van der Waals surface area contributed by atoms with Crippen LogP contribution < -0.4 is 0 Å². The first-order valence-electron chi connectivity index (χ1n) is 4.25. The first-order valence-corrected chi connectivity index (χ1v) is 5.83. The lowest BCUT2D eigenvalue weighted by Gasteiger charge is -1.96. The second-order valence-corrected chi connectivity index (χ2v) is 4.48. The number of hydrogen-bond acceptors (Lipinski definition) is 4. The van der Waals surface area contributed by atoms with Crippen molar-refractivity contribution in [2.75, 3.05) is 0 Å². The first kappa shape index (κ1) is 10.8. The fraction of sp³-hybridized carbons (Fsp3) is 0.375. The zero-order chi connectivity index (χ0) is 11.0. The molecule has 80 valence electrons. The molecule has 2 aromatic rings. The molecule has 0 atom stereocenters. The molecule has 0 radical (unpaired) electrons. The highest BCUT2D eigenvalue weighted by molar-refractivity contribution is 9.11. The van der Waals surface area contributed by atoms with E-state index in [1.807, 2.05) is 13.8 Å². The summed E-state index contributed by atoms with van der Waals surface area (Å²) in [4.78, 5) is 8.32. The monoisotopic (exact) mass is 334 g/mol. The molecule has 0 saturated carbocycles. The second-order valence-electron chi connectivity index (χ2n) is 3.06. The number of oxazole rings is 1. The Morgan fingerprint density at radius 1 is 1.27 bits per heavy atom. The van der Waals surface area contributed by atoms with Crippen LogP contribution in [-0.4, -0.2) is 19.7 Å². The largest absolute Gasteiger partial charge is 0.444 e. The average molecular weight is 336 g/mol. The van der Waals surface area contributed by atoms with Crippen LogP contribution in [-0.2, 0) is 6.54 Å². The topological polar surface area (TPSA) is 56.7 Å². The summed E-state index contributed by atoms with van der Waals surface area (Å²) < 4.78 is 8.29. The van der Waals surface area contributed by atoms with Gasteiger partial charge in [0.1, 0.15) is 12.3 Å². The van der Waals surface area contributed by atoms with Crippen LogP contribution in [0.1, 0.15) is 17.3 Å². The van der Waals surface area contributed by atoms with E-state index in [0.29, 0.717) is 21.9 Å². The van der Waals surface area contributed by atoms with E-state index in [1.54, 1.807) is 4.68 Å². The SMILES string of the molecule is Cc1nc(Cn2nc(Br)nc2Br)oc1C. The third-order valence-electron chi connectivity index (χ3n) is 1.96. The Kier molecular flexibility index (Phi) is 2.92. The van der Waals surface area contributed by atoms with E-state index >= 15 is 0 Å². The molecule has 0 spiro atoms. The maximum Gasteiger partial charge on any atom is 0.218 e. The van der Waals surface area contributed by atoms with Gasteiger partial charge >= 0.3 is 0 Å². The molecule has 0 aromatic carbocycles. The summed E-state index contributed by atoms with van der Waals surface area (Å²) in [5, 5.41) is 4.12. The van der Waals surface area contributed by atoms with E-state index in [-0.39, 0.29) is 0 Å². The molecule has 0 aliphatic carbocycles. The molecule has 7 heteroatoms. The van der Waals surface area contributed by atoms with E-state index in [4.69, 9.17) is 4.42 Å². The van der Waals surface area contributed by atoms with Gasteiger partial charge in [0.25, 0.3) is 0 Å². The summed E-state index contributed by atoms with van der Waals surface area (Å²) >= 11 is 6.48. The van der Waals surface area contributed by atoms with Crippen LogP contribution in [0.4, 0.5) is 0 Å². The molecular weight excluding hydrogens is 328 g/mol. The van der Waals surface area contributed by atoms with Crippen molar-refractivity contribution in [1.29, 1.82) is 0 Å². The summed E-state index contributed by atoms with van der Waals surface area (Å²) in [5.74, 6) is 1.46. The van der Waals surface area contributed by atoms with Gasteiger partial charge in [-0.05, 0) is 45.7 Å². The van der Waals surface area contributed by atoms with Crippen molar-refractivity contribution >= 4 is 31.9 Å². The van der Waals surface area contributed by atoms with Gasteiger partial charge in [-0.15, -0.1) is 5.10 Å². The number of hydrogen-bond donors (Lipinski definition) is 0. The van der Waals surface area contributed by atoms with Crippen molar-refractivity contribution in [1.82, 2.24) is 19.7 Å². The van der Waals surface area contributed by atoms with Crippen LogP contribution in [0, 0.1) is 13.8 Å². The van der Waals surface area contributed by atoms with Crippen LogP contribution in [0.15, 0.2) is 13.9 Å². The molecular formula is C8H8Br2N4O. The highest BCUT2D eigenvalue weighted by atomic mass is 79.9. The van der Waals surface area contributed by atoms with Gasteiger partial charge in [-0.1, -0.05) is 0 Å². The molecule has 0 fully saturated rings. The minimum atomic E-state index is 0.466. The summed E-state index contributed by atoms with van der Waals surface area (Å²) in [6.45, 7) is 4.26.